The molecule has 1 saturated carbocycles. The first-order chi connectivity index (χ1) is 8.70. The third kappa shape index (κ3) is 2.40. The number of hydrogen-bond donors (Lipinski definition) is 0. The fourth-order valence-corrected chi connectivity index (χ4v) is 2.49. The molecule has 0 aromatic carbocycles. The molecule has 0 unspecified atom stereocenters. The Bertz CT molecular complexity index is 416. The maximum Gasteiger partial charge on any atom is 0.165 e. The first-order valence-corrected chi connectivity index (χ1v) is 6.83. The van der Waals surface area contributed by atoms with Gasteiger partial charge in [-0.05, 0) is 36.6 Å². The van der Waals surface area contributed by atoms with Crippen molar-refractivity contribution in [3.63, 3.8) is 0 Å². The van der Waals surface area contributed by atoms with Gasteiger partial charge in [-0.25, -0.2) is 4.68 Å². The summed E-state index contributed by atoms with van der Waals surface area (Å²) in [4.78, 5) is 2.40. The number of hydrogen-bond acceptors (Lipinski definition) is 5. The van der Waals surface area contributed by atoms with Crippen LogP contribution in [0.25, 0.3) is 0 Å². The summed E-state index contributed by atoms with van der Waals surface area (Å²) in [6.45, 7) is 7.92. The van der Waals surface area contributed by atoms with Crippen molar-refractivity contribution in [2.45, 2.75) is 51.3 Å². The van der Waals surface area contributed by atoms with Crippen LogP contribution in [0, 0.1) is 0 Å². The normalized spacial score (nSPS) is 29.7. The third-order valence-electron chi connectivity index (χ3n) is 3.98. The van der Waals surface area contributed by atoms with Crippen LogP contribution < -0.4 is 0 Å². The monoisotopic (exact) mass is 251 g/mol. The molecule has 18 heavy (non-hydrogen) atoms. The maximum atomic E-state index is 5.85. The van der Waals surface area contributed by atoms with E-state index in [2.05, 4.69) is 34.3 Å². The molecule has 0 spiro atoms. The standard InChI is InChI=1S/C12H21N5O/c1-3-12(2)9-16(6-7-18-12)8-11-13-14-15-17(11)10-4-5-10/h10H,3-9H2,1-2H3/t12-/m0/s1. The van der Waals surface area contributed by atoms with Gasteiger partial charge in [0.2, 0.25) is 0 Å². The van der Waals surface area contributed by atoms with Gasteiger partial charge < -0.3 is 4.74 Å². The molecule has 1 aliphatic carbocycles. The Morgan fingerprint density at radius 2 is 2.28 bits per heavy atom. The van der Waals surface area contributed by atoms with Crippen molar-refractivity contribution in [3.05, 3.63) is 5.82 Å². The number of nitrogens with zero attached hydrogens (tertiary/aromatic N) is 5. The van der Waals surface area contributed by atoms with Crippen molar-refractivity contribution in [1.29, 1.82) is 0 Å². The van der Waals surface area contributed by atoms with Crippen LogP contribution in [0.3, 0.4) is 0 Å². The summed E-state index contributed by atoms with van der Waals surface area (Å²) in [7, 11) is 0. The van der Waals surface area contributed by atoms with Crippen LogP contribution in [0.5, 0.6) is 0 Å². The predicted molar refractivity (Wildman–Crippen MR) is 66.0 cm³/mol. The van der Waals surface area contributed by atoms with E-state index in [1.54, 1.807) is 0 Å². The zero-order valence-electron chi connectivity index (χ0n) is 11.2. The fraction of sp³-hybridized carbons (Fsp3) is 0.917. The van der Waals surface area contributed by atoms with E-state index in [9.17, 15) is 0 Å². The van der Waals surface area contributed by atoms with Gasteiger partial charge in [0.15, 0.2) is 5.82 Å². The van der Waals surface area contributed by atoms with Crippen LogP contribution in [0.2, 0.25) is 0 Å². The zero-order chi connectivity index (χ0) is 12.6. The van der Waals surface area contributed by atoms with Gasteiger partial charge >= 0.3 is 0 Å². The summed E-state index contributed by atoms with van der Waals surface area (Å²) in [6, 6.07) is 0.550. The van der Waals surface area contributed by atoms with Crippen molar-refractivity contribution >= 4 is 0 Å². The fourth-order valence-electron chi connectivity index (χ4n) is 2.49. The Morgan fingerprint density at radius 1 is 1.44 bits per heavy atom. The van der Waals surface area contributed by atoms with Crippen molar-refractivity contribution in [2.75, 3.05) is 19.7 Å². The first-order valence-electron chi connectivity index (χ1n) is 6.83. The van der Waals surface area contributed by atoms with E-state index in [0.29, 0.717) is 6.04 Å². The highest BCUT2D eigenvalue weighted by Crippen LogP contribution is 2.34. The largest absolute Gasteiger partial charge is 0.373 e. The quantitative estimate of drug-likeness (QED) is 0.799. The highest BCUT2D eigenvalue weighted by molar-refractivity contribution is 4.92. The van der Waals surface area contributed by atoms with Gasteiger partial charge in [0, 0.05) is 13.1 Å². The molecule has 3 rings (SSSR count). The molecule has 6 heteroatoms. The number of aromatic nitrogens is 4. The van der Waals surface area contributed by atoms with E-state index in [1.807, 2.05) is 4.68 Å². The van der Waals surface area contributed by atoms with Crippen LogP contribution in [0.4, 0.5) is 0 Å². The number of tetrazole rings is 1. The topological polar surface area (TPSA) is 56.1 Å². The SMILES string of the molecule is CC[C@@]1(C)CN(Cc2nnnn2C2CC2)CCO1. The average molecular weight is 251 g/mol. The Labute approximate surface area is 107 Å². The lowest BCUT2D eigenvalue weighted by molar-refractivity contribution is -0.102. The molecule has 6 nitrogen and oxygen atoms in total. The highest BCUT2D eigenvalue weighted by Gasteiger charge is 2.32. The zero-order valence-corrected chi connectivity index (χ0v) is 11.2. The van der Waals surface area contributed by atoms with E-state index >= 15 is 0 Å². The Balaban J connectivity index is 1.66. The van der Waals surface area contributed by atoms with E-state index in [-0.39, 0.29) is 5.60 Å². The highest BCUT2D eigenvalue weighted by atomic mass is 16.5. The van der Waals surface area contributed by atoms with Gasteiger partial charge in [-0.15, -0.1) is 5.10 Å². The molecule has 2 fully saturated rings. The summed E-state index contributed by atoms with van der Waals surface area (Å²) < 4.78 is 7.85. The molecule has 1 aromatic rings. The van der Waals surface area contributed by atoms with E-state index < -0.39 is 0 Å². The molecule has 1 aromatic heterocycles. The van der Waals surface area contributed by atoms with Crippen molar-refractivity contribution in [3.8, 4) is 0 Å². The Kier molecular flexibility index (Phi) is 3.07. The number of rotatable bonds is 4. The lowest BCUT2D eigenvalue weighted by Crippen LogP contribution is -2.49. The summed E-state index contributed by atoms with van der Waals surface area (Å²) in [6.07, 6.45) is 3.47. The molecule has 2 heterocycles. The minimum absolute atomic E-state index is 0.0177. The second kappa shape index (κ2) is 4.59. The van der Waals surface area contributed by atoms with E-state index in [4.69, 9.17) is 4.74 Å². The van der Waals surface area contributed by atoms with Crippen molar-refractivity contribution < 1.29 is 4.74 Å². The molecule has 1 saturated heterocycles. The summed E-state index contributed by atoms with van der Waals surface area (Å²) in [5.41, 5.74) is -0.0177. The third-order valence-corrected chi connectivity index (χ3v) is 3.98. The average Bonchev–Trinajstić information content (AvgIpc) is 3.11. The van der Waals surface area contributed by atoms with Crippen molar-refractivity contribution in [1.82, 2.24) is 25.1 Å². The van der Waals surface area contributed by atoms with Gasteiger partial charge in [0.05, 0.1) is 24.8 Å². The Hall–Kier alpha value is -1.01. The van der Waals surface area contributed by atoms with Crippen LogP contribution >= 0.6 is 0 Å². The van der Waals surface area contributed by atoms with Gasteiger partial charge in [-0.1, -0.05) is 6.92 Å². The molecule has 0 radical (unpaired) electrons. The molecule has 1 aliphatic heterocycles. The molecule has 0 bridgehead atoms. The molecule has 0 amide bonds. The lowest BCUT2D eigenvalue weighted by Gasteiger charge is -2.39. The first kappa shape index (κ1) is 12.0. The van der Waals surface area contributed by atoms with E-state index in [0.717, 1.165) is 38.5 Å². The minimum Gasteiger partial charge on any atom is -0.373 e. The predicted octanol–water partition coefficient (Wildman–Crippen LogP) is 1.01. The molecular formula is C12H21N5O. The maximum absolute atomic E-state index is 5.85. The summed E-state index contributed by atoms with van der Waals surface area (Å²) in [5, 5.41) is 12.1. The second-order valence-electron chi connectivity index (χ2n) is 5.63. The molecular weight excluding hydrogens is 230 g/mol. The molecule has 0 N–H and O–H groups in total. The van der Waals surface area contributed by atoms with E-state index in [1.165, 1.54) is 12.8 Å². The molecule has 1 atom stereocenters. The Morgan fingerprint density at radius 3 is 3.00 bits per heavy atom. The van der Waals surface area contributed by atoms with Crippen LogP contribution in [-0.2, 0) is 11.3 Å². The molecule has 100 valence electrons. The number of morpholine rings is 1. The van der Waals surface area contributed by atoms with Crippen LogP contribution in [0.15, 0.2) is 0 Å². The van der Waals surface area contributed by atoms with Gasteiger partial charge in [0.25, 0.3) is 0 Å². The lowest BCUT2D eigenvalue weighted by atomic mass is 10.0. The second-order valence-corrected chi connectivity index (χ2v) is 5.63. The number of ether oxygens (including phenoxy) is 1. The molecule has 2 aliphatic rings. The van der Waals surface area contributed by atoms with Gasteiger partial charge in [0.1, 0.15) is 0 Å². The van der Waals surface area contributed by atoms with Gasteiger partial charge in [-0.2, -0.15) is 0 Å². The summed E-state index contributed by atoms with van der Waals surface area (Å²) in [5.74, 6) is 0.998. The van der Waals surface area contributed by atoms with Crippen LogP contribution in [0.1, 0.15) is 45.0 Å². The smallest absolute Gasteiger partial charge is 0.165 e. The van der Waals surface area contributed by atoms with Crippen LogP contribution in [-0.4, -0.2) is 50.4 Å². The van der Waals surface area contributed by atoms with Gasteiger partial charge in [-0.3, -0.25) is 4.90 Å². The van der Waals surface area contributed by atoms with Crippen molar-refractivity contribution in [2.24, 2.45) is 0 Å². The minimum atomic E-state index is -0.0177. The summed E-state index contributed by atoms with van der Waals surface area (Å²) >= 11 is 0.